The summed E-state index contributed by atoms with van der Waals surface area (Å²) in [6.07, 6.45) is 4.66. The predicted octanol–water partition coefficient (Wildman–Crippen LogP) is 4.45. The molecule has 0 atom stereocenters. The van der Waals surface area contributed by atoms with Crippen molar-refractivity contribution in [3.05, 3.63) is 91.0 Å². The van der Waals surface area contributed by atoms with Crippen molar-refractivity contribution in [1.82, 2.24) is 0 Å². The van der Waals surface area contributed by atoms with Crippen molar-refractivity contribution in [2.24, 2.45) is 0 Å². The van der Waals surface area contributed by atoms with Gasteiger partial charge < -0.3 is 0 Å². The summed E-state index contributed by atoms with van der Waals surface area (Å²) in [7, 11) is -0.667. The van der Waals surface area contributed by atoms with Crippen LogP contribution in [0.25, 0.3) is 0 Å². The third kappa shape index (κ3) is 4.69. The zero-order chi connectivity index (χ0) is 19.7. The summed E-state index contributed by atoms with van der Waals surface area (Å²) >= 11 is 0. The minimum atomic E-state index is -2.13. The van der Waals surface area contributed by atoms with Gasteiger partial charge in [0.1, 0.15) is 0 Å². The molecular weight excluding hydrogens is 363 g/mol. The number of hydrogen-bond donors (Lipinski definition) is 0. The van der Waals surface area contributed by atoms with Crippen molar-refractivity contribution in [2.75, 3.05) is 13.3 Å². The summed E-state index contributed by atoms with van der Waals surface area (Å²) in [5, 5.41) is 4.33. The van der Waals surface area contributed by atoms with Crippen LogP contribution in [0.2, 0.25) is 0 Å². The first-order chi connectivity index (χ1) is 13.8. The number of carbonyl (C=O) groups excluding carboxylic acids is 1. The molecule has 0 unspecified atom stereocenters. The molecule has 0 amide bonds. The van der Waals surface area contributed by atoms with Crippen LogP contribution >= 0.6 is 7.26 Å². The van der Waals surface area contributed by atoms with Gasteiger partial charge in [0.25, 0.3) is 0 Å². The number of ether oxygens (including phenoxy) is 1. The van der Waals surface area contributed by atoms with Gasteiger partial charge >= 0.3 is 169 Å². The van der Waals surface area contributed by atoms with Crippen molar-refractivity contribution in [1.29, 1.82) is 0 Å². The van der Waals surface area contributed by atoms with Gasteiger partial charge in [0.05, 0.1) is 0 Å². The van der Waals surface area contributed by atoms with Gasteiger partial charge in [-0.1, -0.05) is 0 Å². The molecule has 28 heavy (non-hydrogen) atoms. The number of unbranched alkanes of at least 4 members (excludes halogenated alkanes) is 2. The number of benzene rings is 3. The van der Waals surface area contributed by atoms with Gasteiger partial charge in [0.2, 0.25) is 0 Å². The molecule has 0 heterocycles. The summed E-state index contributed by atoms with van der Waals surface area (Å²) in [6.45, 7) is 0. The Balaban J connectivity index is 1.96. The van der Waals surface area contributed by atoms with Crippen molar-refractivity contribution >= 4 is 29.1 Å². The zero-order valence-electron chi connectivity index (χ0n) is 16.5. The van der Waals surface area contributed by atoms with Crippen LogP contribution in [0.3, 0.4) is 0 Å². The van der Waals surface area contributed by atoms with E-state index < -0.39 is 7.26 Å². The average molecular weight is 392 g/mol. The zero-order valence-corrected chi connectivity index (χ0v) is 17.5. The molecule has 3 heteroatoms. The molecule has 3 rings (SSSR count). The van der Waals surface area contributed by atoms with Crippen molar-refractivity contribution < 1.29 is 9.53 Å². The summed E-state index contributed by atoms with van der Waals surface area (Å²) in [5.41, 5.74) is 0. The SMILES string of the molecule is COC(=O)CCCCC[PH](c1ccccc1)(c1ccccc1)c1ccccc1. The van der Waals surface area contributed by atoms with E-state index in [-0.39, 0.29) is 5.97 Å². The fourth-order valence-electron chi connectivity index (χ4n) is 4.04. The molecule has 3 aromatic rings. The molecule has 0 fully saturated rings. The third-order valence-corrected chi connectivity index (χ3v) is 10.5. The summed E-state index contributed by atoms with van der Waals surface area (Å²) in [5.74, 6) is -0.113. The molecule has 3 aromatic carbocycles. The maximum atomic E-state index is 11.4. The summed E-state index contributed by atoms with van der Waals surface area (Å²) in [4.78, 5) is 11.4. The van der Waals surface area contributed by atoms with E-state index >= 15 is 0 Å². The van der Waals surface area contributed by atoms with Crippen LogP contribution in [0.15, 0.2) is 91.0 Å². The van der Waals surface area contributed by atoms with E-state index in [2.05, 4.69) is 91.0 Å². The molecule has 0 saturated carbocycles. The van der Waals surface area contributed by atoms with Gasteiger partial charge in [-0.2, -0.15) is 0 Å². The number of carbonyl (C=O) groups is 1. The number of rotatable bonds is 9. The van der Waals surface area contributed by atoms with Gasteiger partial charge in [0, 0.05) is 0 Å². The Morgan fingerprint density at radius 2 is 1.11 bits per heavy atom. The third-order valence-electron chi connectivity index (χ3n) is 5.46. The number of methoxy groups -OCH3 is 1. The van der Waals surface area contributed by atoms with Gasteiger partial charge in [-0.05, 0) is 0 Å². The van der Waals surface area contributed by atoms with Gasteiger partial charge in [-0.3, -0.25) is 0 Å². The first-order valence-corrected chi connectivity index (χ1v) is 12.2. The Bertz CT molecular complexity index is 751. The first-order valence-electron chi connectivity index (χ1n) is 10.0. The Morgan fingerprint density at radius 1 is 0.679 bits per heavy atom. The Kier molecular flexibility index (Phi) is 7.39. The number of esters is 1. The van der Waals surface area contributed by atoms with Gasteiger partial charge in [-0.15, -0.1) is 0 Å². The van der Waals surface area contributed by atoms with Crippen molar-refractivity contribution in [3.8, 4) is 0 Å². The second kappa shape index (κ2) is 10.2. The molecule has 0 spiro atoms. The molecular formula is C25H29O2P. The molecule has 0 bridgehead atoms. The Hall–Kier alpha value is -2.44. The molecule has 0 N–H and O–H groups in total. The van der Waals surface area contributed by atoms with Crippen LogP contribution in [0, 0.1) is 0 Å². The molecule has 0 aliphatic carbocycles. The molecule has 0 saturated heterocycles. The van der Waals surface area contributed by atoms with Crippen LogP contribution in [0.5, 0.6) is 0 Å². The first kappa shape index (κ1) is 20.3. The quantitative estimate of drug-likeness (QED) is 0.306. The van der Waals surface area contributed by atoms with Gasteiger partial charge in [0.15, 0.2) is 0 Å². The fourth-order valence-corrected chi connectivity index (χ4v) is 8.97. The minimum absolute atomic E-state index is 0.113. The normalized spacial score (nSPS) is 11.8. The van der Waals surface area contributed by atoms with E-state index in [9.17, 15) is 4.79 Å². The molecule has 0 radical (unpaired) electrons. The molecule has 146 valence electrons. The fraction of sp³-hybridized carbons (Fsp3) is 0.240. The molecule has 0 aromatic heterocycles. The molecule has 2 nitrogen and oxygen atoms in total. The van der Waals surface area contributed by atoms with Crippen LogP contribution in [-0.2, 0) is 9.53 Å². The summed E-state index contributed by atoms with van der Waals surface area (Å²) < 4.78 is 4.78. The second-order valence-electron chi connectivity index (χ2n) is 7.14. The van der Waals surface area contributed by atoms with E-state index in [1.807, 2.05) is 0 Å². The van der Waals surface area contributed by atoms with Crippen LogP contribution in [0.1, 0.15) is 25.7 Å². The maximum absolute atomic E-state index is 11.4. The Morgan fingerprint density at radius 3 is 1.50 bits per heavy atom. The topological polar surface area (TPSA) is 26.3 Å². The van der Waals surface area contributed by atoms with E-state index in [1.54, 1.807) is 0 Å². The van der Waals surface area contributed by atoms with E-state index in [0.29, 0.717) is 6.42 Å². The second-order valence-corrected chi connectivity index (χ2v) is 11.2. The van der Waals surface area contributed by atoms with Crippen LogP contribution in [-0.4, -0.2) is 19.2 Å². The average Bonchev–Trinajstić information content (AvgIpc) is 2.78. The molecule has 0 aliphatic heterocycles. The summed E-state index contributed by atoms with van der Waals surface area (Å²) in [6, 6.07) is 32.9. The van der Waals surface area contributed by atoms with Crippen LogP contribution < -0.4 is 15.9 Å². The van der Waals surface area contributed by atoms with E-state index in [0.717, 1.165) is 25.4 Å². The Labute approximate surface area is 168 Å². The molecule has 0 aliphatic rings. The van der Waals surface area contributed by atoms with Crippen LogP contribution in [0.4, 0.5) is 0 Å². The van der Waals surface area contributed by atoms with Crippen molar-refractivity contribution in [3.63, 3.8) is 0 Å². The monoisotopic (exact) mass is 392 g/mol. The van der Waals surface area contributed by atoms with Crippen molar-refractivity contribution in [2.45, 2.75) is 25.7 Å². The van der Waals surface area contributed by atoms with E-state index in [1.165, 1.54) is 23.0 Å². The van der Waals surface area contributed by atoms with E-state index in [4.69, 9.17) is 4.74 Å². The number of hydrogen-bond acceptors (Lipinski definition) is 2. The standard InChI is InChI=1S/C25H29O2P/c1-27-25(26)20-12-5-13-21-28(22-14-6-2-7-15-22,23-16-8-3-9-17-23)24-18-10-4-11-19-24/h2-4,6-11,14-19,28H,5,12-13,20-21H2,1H3. The van der Waals surface area contributed by atoms with Gasteiger partial charge in [-0.25, -0.2) is 0 Å². The predicted molar refractivity (Wildman–Crippen MR) is 122 cm³/mol.